The predicted molar refractivity (Wildman–Crippen MR) is 154 cm³/mol. The number of nitrogens with zero attached hydrogens (tertiary/aromatic N) is 2. The molecule has 11 heteroatoms. The van der Waals surface area contributed by atoms with Gasteiger partial charge in [0.25, 0.3) is 11.4 Å². The van der Waals surface area contributed by atoms with Crippen molar-refractivity contribution in [2.24, 2.45) is 0 Å². The van der Waals surface area contributed by atoms with Gasteiger partial charge in [-0.3, -0.25) is 20.2 Å². The van der Waals surface area contributed by atoms with Crippen molar-refractivity contribution in [2.75, 3.05) is 14.2 Å². The van der Waals surface area contributed by atoms with E-state index < -0.39 is 15.7 Å². The summed E-state index contributed by atoms with van der Waals surface area (Å²) in [4.78, 5) is 20.8. The minimum atomic E-state index is -0.609. The summed E-state index contributed by atoms with van der Waals surface area (Å²) in [5.74, 6) is 1.44. The largest absolute Gasteiger partial charge is 0.495 e. The highest BCUT2D eigenvalue weighted by Crippen LogP contribution is 2.34. The van der Waals surface area contributed by atoms with E-state index in [4.69, 9.17) is 4.74 Å². The van der Waals surface area contributed by atoms with Gasteiger partial charge < -0.3 is 9.47 Å². The van der Waals surface area contributed by atoms with Crippen LogP contribution in [0.4, 0.5) is 15.8 Å². The summed E-state index contributed by atoms with van der Waals surface area (Å²) < 4.78 is 22.4. The molecule has 4 rings (SSSR count). The number of benzene rings is 4. The molecule has 0 N–H and O–H groups in total. The van der Waals surface area contributed by atoms with Crippen molar-refractivity contribution in [2.45, 2.75) is 16.4 Å². The Labute approximate surface area is 235 Å². The Kier molecular flexibility index (Phi) is 13.3. The molecule has 0 amide bonds. The summed E-state index contributed by atoms with van der Waals surface area (Å²) in [7, 11) is 2.77. The number of halogens is 1. The van der Waals surface area contributed by atoms with E-state index in [9.17, 15) is 24.6 Å². The fourth-order valence-electron chi connectivity index (χ4n) is 2.97. The Morgan fingerprint density at radius 2 is 1.23 bits per heavy atom. The molecule has 204 valence electrons. The van der Waals surface area contributed by atoms with Gasteiger partial charge in [0.15, 0.2) is 11.6 Å². The summed E-state index contributed by atoms with van der Waals surface area (Å²) in [6.45, 7) is 0. The first-order chi connectivity index (χ1) is 18.8. The minimum absolute atomic E-state index is 0.0425. The van der Waals surface area contributed by atoms with Crippen molar-refractivity contribution < 1.29 is 23.7 Å². The van der Waals surface area contributed by atoms with Crippen molar-refractivity contribution in [3.63, 3.8) is 0 Å². The average Bonchev–Trinajstić information content (AvgIpc) is 2.97. The van der Waals surface area contributed by atoms with Crippen LogP contribution in [0, 0.1) is 26.0 Å². The summed E-state index contributed by atoms with van der Waals surface area (Å²) in [6, 6.07) is 28.0. The maximum Gasteiger partial charge on any atom is 0.273 e. The van der Waals surface area contributed by atoms with Crippen LogP contribution >= 0.6 is 24.4 Å². The molecule has 0 aliphatic carbocycles. The fourth-order valence-corrected chi connectivity index (χ4v) is 4.14. The van der Waals surface area contributed by atoms with E-state index in [1.54, 1.807) is 17.8 Å². The zero-order valence-corrected chi connectivity index (χ0v) is 22.9. The van der Waals surface area contributed by atoms with Crippen molar-refractivity contribution in [1.29, 1.82) is 0 Å². The van der Waals surface area contributed by atoms with E-state index in [-0.39, 0.29) is 17.1 Å². The summed E-state index contributed by atoms with van der Waals surface area (Å²) in [5, 5.41) is 20.9. The van der Waals surface area contributed by atoms with Crippen LogP contribution in [0.5, 0.6) is 11.5 Å². The first kappa shape index (κ1) is 31.1. The van der Waals surface area contributed by atoms with Gasteiger partial charge in [0.1, 0.15) is 5.75 Å². The third-order valence-electron chi connectivity index (χ3n) is 4.97. The van der Waals surface area contributed by atoms with Crippen molar-refractivity contribution in [3.8, 4) is 11.5 Å². The lowest BCUT2D eigenvalue weighted by Gasteiger charge is -2.07. The number of thiol groups is 1. The monoisotopic (exact) mass is 570 g/mol. The van der Waals surface area contributed by atoms with Crippen LogP contribution in [0.1, 0.15) is 11.1 Å². The molecular formula is C28H27FN2O6S2. The maximum atomic E-state index is 12.7. The molecule has 0 saturated carbocycles. The molecule has 4 aromatic rings. The van der Waals surface area contributed by atoms with Crippen LogP contribution < -0.4 is 9.47 Å². The molecule has 0 atom stereocenters. The second-order valence-electron chi connectivity index (χ2n) is 7.59. The molecular weight excluding hydrogens is 543 g/mol. The van der Waals surface area contributed by atoms with Crippen molar-refractivity contribution in [1.82, 2.24) is 0 Å². The van der Waals surface area contributed by atoms with Crippen LogP contribution in [0.25, 0.3) is 0 Å². The SMILES string of the molecule is COc1cc([N+](=O)[O-])ccc1F.COc1cc([N+](=O)[O-])ccc1SCc1ccccc1.SCc1ccccc1. The standard InChI is InChI=1S/C14H13NO3S.C7H6FNO3.C7H8S/c1-18-13-9-12(15(16)17)7-8-14(13)19-10-11-5-3-2-4-6-11;1-12-7-4-5(9(10)11)2-3-6(7)8;8-6-7-4-2-1-3-5-7/h2-9H,10H2,1H3;2-4H,1H3;1-5,8H,6H2. The Hall–Kier alpha value is -4.09. The van der Waals surface area contributed by atoms with Gasteiger partial charge in [-0.2, -0.15) is 12.6 Å². The number of nitro groups is 2. The topological polar surface area (TPSA) is 105 Å². The number of hydrogen-bond acceptors (Lipinski definition) is 8. The third kappa shape index (κ3) is 10.7. The number of non-ortho nitro benzene ring substituents is 2. The molecule has 0 spiro atoms. The Balaban J connectivity index is 0.000000227. The number of methoxy groups -OCH3 is 2. The molecule has 0 heterocycles. The van der Waals surface area contributed by atoms with Gasteiger partial charge >= 0.3 is 0 Å². The predicted octanol–water partition coefficient (Wildman–Crippen LogP) is 7.75. The Bertz CT molecular complexity index is 1340. The molecule has 4 aromatic carbocycles. The third-order valence-corrected chi connectivity index (χ3v) is 6.46. The quantitative estimate of drug-likeness (QED) is 0.0999. The second kappa shape index (κ2) is 16.7. The molecule has 0 aliphatic heterocycles. The summed E-state index contributed by atoms with van der Waals surface area (Å²) >= 11 is 5.71. The van der Waals surface area contributed by atoms with Crippen molar-refractivity contribution in [3.05, 3.63) is 134 Å². The molecule has 0 aromatic heterocycles. The van der Waals surface area contributed by atoms with Gasteiger partial charge in [-0.15, -0.1) is 11.8 Å². The molecule has 0 saturated heterocycles. The highest BCUT2D eigenvalue weighted by molar-refractivity contribution is 7.98. The molecule has 0 bridgehead atoms. The number of hydrogen-bond donors (Lipinski definition) is 1. The zero-order valence-electron chi connectivity index (χ0n) is 21.2. The van der Waals surface area contributed by atoms with E-state index in [0.717, 1.165) is 34.6 Å². The second-order valence-corrected chi connectivity index (χ2v) is 8.92. The van der Waals surface area contributed by atoms with Crippen LogP contribution in [-0.2, 0) is 11.5 Å². The van der Waals surface area contributed by atoms with Gasteiger partial charge in [0, 0.05) is 23.6 Å². The van der Waals surface area contributed by atoms with E-state index in [0.29, 0.717) is 5.75 Å². The van der Waals surface area contributed by atoms with Gasteiger partial charge in [0.05, 0.1) is 41.1 Å². The van der Waals surface area contributed by atoms with E-state index in [1.165, 1.54) is 37.5 Å². The summed E-state index contributed by atoms with van der Waals surface area (Å²) in [6.07, 6.45) is 0. The lowest BCUT2D eigenvalue weighted by molar-refractivity contribution is -0.385. The molecule has 0 fully saturated rings. The van der Waals surface area contributed by atoms with Crippen LogP contribution in [0.3, 0.4) is 0 Å². The van der Waals surface area contributed by atoms with Gasteiger partial charge in [0.2, 0.25) is 0 Å². The fraction of sp³-hybridized carbons (Fsp3) is 0.143. The molecule has 0 aliphatic rings. The maximum absolute atomic E-state index is 12.7. The molecule has 8 nitrogen and oxygen atoms in total. The lowest BCUT2D eigenvalue weighted by Crippen LogP contribution is -1.92. The van der Waals surface area contributed by atoms with Crippen LogP contribution in [0.15, 0.2) is 102 Å². The molecule has 0 radical (unpaired) electrons. The highest BCUT2D eigenvalue weighted by Gasteiger charge is 2.12. The van der Waals surface area contributed by atoms with Crippen molar-refractivity contribution >= 4 is 35.8 Å². The Morgan fingerprint density at radius 3 is 1.69 bits per heavy atom. The Morgan fingerprint density at radius 1 is 0.744 bits per heavy atom. The number of thioether (sulfide) groups is 1. The number of nitro benzene ring substituents is 2. The van der Waals surface area contributed by atoms with Gasteiger partial charge in [-0.25, -0.2) is 4.39 Å². The first-order valence-electron chi connectivity index (χ1n) is 11.4. The van der Waals surface area contributed by atoms with Gasteiger partial charge in [-0.1, -0.05) is 60.7 Å². The van der Waals surface area contributed by atoms with E-state index in [1.807, 2.05) is 48.5 Å². The highest BCUT2D eigenvalue weighted by atomic mass is 32.2. The van der Waals surface area contributed by atoms with E-state index in [2.05, 4.69) is 29.5 Å². The van der Waals surface area contributed by atoms with E-state index >= 15 is 0 Å². The minimum Gasteiger partial charge on any atom is -0.495 e. The zero-order chi connectivity index (χ0) is 28.6. The number of ether oxygens (including phenoxy) is 2. The summed E-state index contributed by atoms with van der Waals surface area (Å²) in [5.41, 5.74) is 2.33. The average molecular weight is 571 g/mol. The lowest BCUT2D eigenvalue weighted by atomic mass is 10.2. The first-order valence-corrected chi connectivity index (χ1v) is 13.0. The van der Waals surface area contributed by atoms with Gasteiger partial charge in [-0.05, 0) is 23.3 Å². The smallest absolute Gasteiger partial charge is 0.273 e. The molecule has 0 unspecified atom stereocenters. The van der Waals surface area contributed by atoms with Crippen LogP contribution in [0.2, 0.25) is 0 Å². The number of rotatable bonds is 8. The normalized spacial score (nSPS) is 9.74. The molecule has 39 heavy (non-hydrogen) atoms. The van der Waals surface area contributed by atoms with Crippen LogP contribution in [-0.4, -0.2) is 24.1 Å².